The van der Waals surface area contributed by atoms with Crippen LogP contribution in [-0.4, -0.2) is 26.6 Å². The highest BCUT2D eigenvalue weighted by Gasteiger charge is 2.14. The molecule has 2 aromatic heterocycles. The van der Waals surface area contributed by atoms with Gasteiger partial charge in [0.15, 0.2) is 5.82 Å². The van der Waals surface area contributed by atoms with E-state index in [2.05, 4.69) is 15.5 Å². The Hall–Kier alpha value is -1.33. The van der Waals surface area contributed by atoms with Crippen LogP contribution in [0.25, 0.3) is 5.82 Å². The van der Waals surface area contributed by atoms with Gasteiger partial charge in [-0.05, 0) is 14.0 Å². The van der Waals surface area contributed by atoms with Crippen molar-refractivity contribution in [2.45, 2.75) is 13.5 Å². The van der Waals surface area contributed by atoms with Crippen molar-refractivity contribution in [1.82, 2.24) is 24.9 Å². The molecule has 2 aromatic rings. The van der Waals surface area contributed by atoms with Crippen molar-refractivity contribution in [3.63, 3.8) is 0 Å². The zero-order valence-electron chi connectivity index (χ0n) is 9.53. The molecule has 0 amide bonds. The van der Waals surface area contributed by atoms with Gasteiger partial charge in [-0.1, -0.05) is 11.6 Å². The SMILES string of the molecule is CNCc1c(C)nn(C)c1-n1cc(Cl)cn1. The zero-order chi connectivity index (χ0) is 11.7. The first kappa shape index (κ1) is 11.2. The van der Waals surface area contributed by atoms with E-state index in [1.165, 1.54) is 0 Å². The Morgan fingerprint density at radius 1 is 1.50 bits per heavy atom. The van der Waals surface area contributed by atoms with Crippen LogP contribution in [0.2, 0.25) is 5.02 Å². The van der Waals surface area contributed by atoms with E-state index < -0.39 is 0 Å². The van der Waals surface area contributed by atoms with Gasteiger partial charge in [-0.25, -0.2) is 4.68 Å². The van der Waals surface area contributed by atoms with Crippen molar-refractivity contribution in [1.29, 1.82) is 0 Å². The number of rotatable bonds is 3. The van der Waals surface area contributed by atoms with Crippen LogP contribution in [0.4, 0.5) is 0 Å². The Bertz CT molecular complexity index is 499. The van der Waals surface area contributed by atoms with Crippen molar-refractivity contribution in [3.8, 4) is 5.82 Å². The van der Waals surface area contributed by atoms with Gasteiger partial charge in [0, 0.05) is 19.2 Å². The van der Waals surface area contributed by atoms with Crippen LogP contribution in [0.3, 0.4) is 0 Å². The van der Waals surface area contributed by atoms with Gasteiger partial charge in [-0.3, -0.25) is 4.68 Å². The average molecular weight is 240 g/mol. The molecule has 0 radical (unpaired) electrons. The monoisotopic (exact) mass is 239 g/mol. The predicted octanol–water partition coefficient (Wildman–Crippen LogP) is 1.29. The highest BCUT2D eigenvalue weighted by Crippen LogP contribution is 2.18. The van der Waals surface area contributed by atoms with Gasteiger partial charge in [0.05, 0.1) is 23.1 Å². The molecule has 0 aromatic carbocycles. The average Bonchev–Trinajstić information content (AvgIpc) is 2.73. The second-order valence-corrected chi connectivity index (χ2v) is 4.08. The summed E-state index contributed by atoms with van der Waals surface area (Å²) in [6, 6.07) is 0. The number of halogens is 1. The van der Waals surface area contributed by atoms with E-state index in [1.54, 1.807) is 17.1 Å². The smallest absolute Gasteiger partial charge is 0.156 e. The fourth-order valence-electron chi connectivity index (χ4n) is 1.78. The Labute approximate surface area is 99.0 Å². The first-order valence-corrected chi connectivity index (χ1v) is 5.39. The largest absolute Gasteiger partial charge is 0.315 e. The van der Waals surface area contributed by atoms with Gasteiger partial charge in [-0.15, -0.1) is 0 Å². The highest BCUT2D eigenvalue weighted by atomic mass is 35.5. The lowest BCUT2D eigenvalue weighted by atomic mass is 10.2. The molecule has 86 valence electrons. The fraction of sp³-hybridized carbons (Fsp3) is 0.400. The molecular weight excluding hydrogens is 226 g/mol. The summed E-state index contributed by atoms with van der Waals surface area (Å²) in [5.41, 5.74) is 2.13. The summed E-state index contributed by atoms with van der Waals surface area (Å²) in [4.78, 5) is 0. The number of hydrogen-bond donors (Lipinski definition) is 1. The van der Waals surface area contributed by atoms with Crippen LogP contribution in [-0.2, 0) is 13.6 Å². The Balaban J connectivity index is 2.54. The lowest BCUT2D eigenvalue weighted by Gasteiger charge is -2.05. The molecule has 0 saturated heterocycles. The fourth-order valence-corrected chi connectivity index (χ4v) is 1.91. The lowest BCUT2D eigenvalue weighted by molar-refractivity contribution is 0.688. The Morgan fingerprint density at radius 2 is 2.25 bits per heavy atom. The molecule has 2 rings (SSSR count). The number of nitrogens with zero attached hydrogens (tertiary/aromatic N) is 4. The molecular formula is C10H14ClN5. The molecule has 0 aliphatic rings. The molecule has 16 heavy (non-hydrogen) atoms. The summed E-state index contributed by atoms with van der Waals surface area (Å²) >= 11 is 5.87. The maximum atomic E-state index is 5.87. The minimum absolute atomic E-state index is 0.620. The van der Waals surface area contributed by atoms with Crippen molar-refractivity contribution in [2.75, 3.05) is 7.05 Å². The topological polar surface area (TPSA) is 47.7 Å². The summed E-state index contributed by atoms with van der Waals surface area (Å²) in [6.45, 7) is 2.74. The normalized spacial score (nSPS) is 11.0. The summed E-state index contributed by atoms with van der Waals surface area (Å²) in [7, 11) is 3.81. The van der Waals surface area contributed by atoms with Crippen LogP contribution < -0.4 is 5.32 Å². The molecule has 0 aliphatic heterocycles. The van der Waals surface area contributed by atoms with Crippen molar-refractivity contribution < 1.29 is 0 Å². The second-order valence-electron chi connectivity index (χ2n) is 3.64. The van der Waals surface area contributed by atoms with E-state index in [0.29, 0.717) is 5.02 Å². The van der Waals surface area contributed by atoms with E-state index in [0.717, 1.165) is 23.6 Å². The van der Waals surface area contributed by atoms with Gasteiger partial charge < -0.3 is 5.32 Å². The molecule has 0 aliphatic carbocycles. The predicted molar refractivity (Wildman–Crippen MR) is 62.8 cm³/mol. The molecule has 0 unspecified atom stereocenters. The van der Waals surface area contributed by atoms with Crippen LogP contribution >= 0.6 is 11.6 Å². The van der Waals surface area contributed by atoms with Crippen molar-refractivity contribution in [2.24, 2.45) is 7.05 Å². The Kier molecular flexibility index (Phi) is 2.98. The third-order valence-electron chi connectivity index (χ3n) is 2.43. The summed E-state index contributed by atoms with van der Waals surface area (Å²) in [5, 5.41) is 12.3. The van der Waals surface area contributed by atoms with Crippen LogP contribution in [0.5, 0.6) is 0 Å². The molecule has 2 heterocycles. The van der Waals surface area contributed by atoms with Gasteiger partial charge >= 0.3 is 0 Å². The van der Waals surface area contributed by atoms with E-state index in [-0.39, 0.29) is 0 Å². The zero-order valence-corrected chi connectivity index (χ0v) is 10.3. The van der Waals surface area contributed by atoms with E-state index in [9.17, 15) is 0 Å². The van der Waals surface area contributed by atoms with Crippen LogP contribution in [0, 0.1) is 6.92 Å². The number of aryl methyl sites for hydroxylation is 2. The van der Waals surface area contributed by atoms with Gasteiger partial charge in [0.2, 0.25) is 0 Å². The number of nitrogens with one attached hydrogen (secondary N) is 1. The standard InChI is InChI=1S/C10H14ClN5/c1-7-9(5-12-2)10(15(3)14-7)16-6-8(11)4-13-16/h4,6,12H,5H2,1-3H3. The van der Waals surface area contributed by atoms with E-state index in [1.807, 2.05) is 25.7 Å². The molecule has 5 nitrogen and oxygen atoms in total. The maximum absolute atomic E-state index is 5.87. The third kappa shape index (κ3) is 1.83. The first-order valence-electron chi connectivity index (χ1n) is 5.01. The summed E-state index contributed by atoms with van der Waals surface area (Å²) in [6.07, 6.45) is 3.39. The number of hydrogen-bond acceptors (Lipinski definition) is 3. The van der Waals surface area contributed by atoms with Gasteiger partial charge in [0.1, 0.15) is 0 Å². The molecule has 0 bridgehead atoms. The Morgan fingerprint density at radius 3 is 2.81 bits per heavy atom. The van der Waals surface area contributed by atoms with Crippen LogP contribution in [0.1, 0.15) is 11.3 Å². The molecule has 0 saturated carbocycles. The molecule has 6 heteroatoms. The van der Waals surface area contributed by atoms with E-state index >= 15 is 0 Å². The van der Waals surface area contributed by atoms with Gasteiger partial charge in [-0.2, -0.15) is 10.2 Å². The van der Waals surface area contributed by atoms with Crippen molar-refractivity contribution >= 4 is 11.6 Å². The minimum atomic E-state index is 0.620. The molecule has 0 fully saturated rings. The third-order valence-corrected chi connectivity index (χ3v) is 2.63. The summed E-state index contributed by atoms with van der Waals surface area (Å²) in [5.74, 6) is 0.943. The quantitative estimate of drug-likeness (QED) is 0.878. The second kappa shape index (κ2) is 4.27. The van der Waals surface area contributed by atoms with Crippen LogP contribution in [0.15, 0.2) is 12.4 Å². The molecule has 1 N–H and O–H groups in total. The van der Waals surface area contributed by atoms with Crippen molar-refractivity contribution in [3.05, 3.63) is 28.7 Å². The molecule has 0 atom stereocenters. The summed E-state index contributed by atoms with van der Waals surface area (Å²) < 4.78 is 3.56. The first-order chi connectivity index (χ1) is 7.63. The van der Waals surface area contributed by atoms with E-state index in [4.69, 9.17) is 11.6 Å². The lowest BCUT2D eigenvalue weighted by Crippen LogP contribution is -2.11. The number of aromatic nitrogens is 4. The van der Waals surface area contributed by atoms with Gasteiger partial charge in [0.25, 0.3) is 0 Å². The molecule has 0 spiro atoms. The maximum Gasteiger partial charge on any atom is 0.156 e. The highest BCUT2D eigenvalue weighted by molar-refractivity contribution is 6.30. The minimum Gasteiger partial charge on any atom is -0.315 e.